The Morgan fingerprint density at radius 1 is 0.838 bits per heavy atom. The van der Waals surface area contributed by atoms with E-state index in [1.165, 1.54) is 12.1 Å². The van der Waals surface area contributed by atoms with Crippen LogP contribution < -0.4 is 4.74 Å². The van der Waals surface area contributed by atoms with Gasteiger partial charge in [-0.25, -0.2) is 13.6 Å². The van der Waals surface area contributed by atoms with Gasteiger partial charge < -0.3 is 14.2 Å². The Balaban J connectivity index is 1.85. The van der Waals surface area contributed by atoms with Crippen molar-refractivity contribution in [3.63, 3.8) is 0 Å². The van der Waals surface area contributed by atoms with Gasteiger partial charge in [0.05, 0.1) is 6.61 Å². The van der Waals surface area contributed by atoms with Crippen molar-refractivity contribution < 1.29 is 36.6 Å². The number of aryl methyl sites for hydroxylation is 2. The summed E-state index contributed by atoms with van der Waals surface area (Å²) in [6.07, 6.45) is 4.89. The first kappa shape index (κ1) is 30.4. The van der Waals surface area contributed by atoms with Crippen LogP contribution in [0.25, 0.3) is 0 Å². The van der Waals surface area contributed by atoms with Crippen molar-refractivity contribution in [1.82, 2.24) is 0 Å². The van der Waals surface area contributed by atoms with E-state index in [9.17, 15) is 22.4 Å². The van der Waals surface area contributed by atoms with Crippen LogP contribution in [0.15, 0.2) is 49.1 Å². The van der Waals surface area contributed by atoms with Gasteiger partial charge >= 0.3 is 12.1 Å². The van der Waals surface area contributed by atoms with E-state index in [2.05, 4.69) is 6.58 Å². The van der Waals surface area contributed by atoms with Crippen LogP contribution in [0.4, 0.5) is 17.6 Å². The second-order valence-electron chi connectivity index (χ2n) is 8.89. The lowest BCUT2D eigenvalue weighted by Crippen LogP contribution is -2.25. The number of carbonyl (C=O) groups excluding carboxylic acids is 1. The van der Waals surface area contributed by atoms with Gasteiger partial charge in [0.15, 0.2) is 0 Å². The third-order valence-electron chi connectivity index (χ3n) is 5.90. The summed E-state index contributed by atoms with van der Waals surface area (Å²) >= 11 is 0. The second-order valence-corrected chi connectivity index (χ2v) is 8.89. The monoisotopic (exact) mass is 524 g/mol. The van der Waals surface area contributed by atoms with Crippen LogP contribution >= 0.6 is 0 Å². The van der Waals surface area contributed by atoms with Crippen molar-refractivity contribution in [1.29, 1.82) is 0 Å². The molecule has 0 heterocycles. The van der Waals surface area contributed by atoms with Gasteiger partial charge in [-0.1, -0.05) is 44.4 Å². The van der Waals surface area contributed by atoms with Crippen molar-refractivity contribution in [2.75, 3.05) is 20.3 Å². The molecule has 0 bridgehead atoms. The van der Waals surface area contributed by atoms with Crippen LogP contribution in [0.3, 0.4) is 0 Å². The van der Waals surface area contributed by atoms with Crippen LogP contribution in [0.5, 0.6) is 5.75 Å². The van der Waals surface area contributed by atoms with Crippen LogP contribution in [0.1, 0.15) is 68.1 Å². The highest BCUT2D eigenvalue weighted by atomic mass is 19.3. The van der Waals surface area contributed by atoms with E-state index in [4.69, 9.17) is 14.2 Å². The van der Waals surface area contributed by atoms with Crippen molar-refractivity contribution >= 4 is 5.97 Å². The molecule has 0 aliphatic carbocycles. The fraction of sp³-hybridized carbons (Fsp3) is 0.483. The SMILES string of the molecule is C=CC(=O)OCCCCCCc1cc(F)c(C(F)(F)Oc2ccc(CCCCCCOC)cc2)c(F)c1. The summed E-state index contributed by atoms with van der Waals surface area (Å²) in [5, 5.41) is 0. The number of hydrogen-bond acceptors (Lipinski definition) is 4. The second kappa shape index (κ2) is 16.1. The number of hydrogen-bond donors (Lipinski definition) is 0. The third-order valence-corrected chi connectivity index (χ3v) is 5.90. The Morgan fingerprint density at radius 2 is 1.38 bits per heavy atom. The maximum Gasteiger partial charge on any atom is 0.432 e. The van der Waals surface area contributed by atoms with Crippen LogP contribution in [0, 0.1) is 11.6 Å². The predicted octanol–water partition coefficient (Wildman–Crippen LogP) is 7.67. The Morgan fingerprint density at radius 3 is 1.95 bits per heavy atom. The number of rotatable bonds is 18. The molecule has 0 amide bonds. The zero-order valence-electron chi connectivity index (χ0n) is 21.4. The van der Waals surface area contributed by atoms with E-state index in [1.54, 1.807) is 19.2 Å². The molecule has 0 spiro atoms. The van der Waals surface area contributed by atoms with E-state index in [-0.39, 0.29) is 12.4 Å². The summed E-state index contributed by atoms with van der Waals surface area (Å²) in [6.45, 7) is 4.32. The van der Waals surface area contributed by atoms with Gasteiger partial charge in [0.1, 0.15) is 22.9 Å². The Kier molecular flexibility index (Phi) is 13.2. The molecule has 0 N–H and O–H groups in total. The van der Waals surface area contributed by atoms with Crippen molar-refractivity contribution in [3.05, 3.63) is 77.4 Å². The Labute approximate surface area is 216 Å². The number of ether oxygens (including phenoxy) is 3. The quantitative estimate of drug-likeness (QED) is 0.0869. The summed E-state index contributed by atoms with van der Waals surface area (Å²) in [6, 6.07) is 7.99. The molecule has 8 heteroatoms. The molecule has 2 aromatic carbocycles. The van der Waals surface area contributed by atoms with Crippen molar-refractivity contribution in [3.8, 4) is 5.75 Å². The fourth-order valence-corrected chi connectivity index (χ4v) is 3.92. The molecule has 0 aromatic heterocycles. The molecule has 2 rings (SSSR count). The molecule has 0 radical (unpaired) electrons. The fourth-order valence-electron chi connectivity index (χ4n) is 3.92. The molecule has 4 nitrogen and oxygen atoms in total. The number of unbranched alkanes of at least 4 members (excludes halogenated alkanes) is 6. The zero-order chi connectivity index (χ0) is 27.1. The number of esters is 1. The topological polar surface area (TPSA) is 44.8 Å². The van der Waals surface area contributed by atoms with Gasteiger partial charge in [0.25, 0.3) is 0 Å². The largest absolute Gasteiger partial charge is 0.463 e. The van der Waals surface area contributed by atoms with E-state index >= 15 is 0 Å². The molecule has 37 heavy (non-hydrogen) atoms. The lowest BCUT2D eigenvalue weighted by molar-refractivity contribution is -0.189. The number of halogens is 4. The predicted molar refractivity (Wildman–Crippen MR) is 135 cm³/mol. The lowest BCUT2D eigenvalue weighted by Gasteiger charge is -2.20. The first-order valence-electron chi connectivity index (χ1n) is 12.7. The molecule has 2 aromatic rings. The molecular formula is C29H36F4O4. The summed E-state index contributed by atoms with van der Waals surface area (Å²) in [7, 11) is 1.67. The van der Waals surface area contributed by atoms with Crippen LogP contribution in [0.2, 0.25) is 0 Å². The van der Waals surface area contributed by atoms with Gasteiger partial charge in [0, 0.05) is 19.8 Å². The highest BCUT2D eigenvalue weighted by molar-refractivity contribution is 5.81. The van der Waals surface area contributed by atoms with E-state index < -0.39 is 29.3 Å². The van der Waals surface area contributed by atoms with Gasteiger partial charge in [-0.15, -0.1) is 0 Å². The molecule has 0 aliphatic heterocycles. The normalized spacial score (nSPS) is 11.4. The standard InChI is InChI=1S/C29H36F4O4/c1-3-27(34)36-19-11-7-5-9-13-23-20-25(30)28(26(31)21-23)29(32,33)37-24-16-14-22(15-17-24)12-8-4-6-10-18-35-2/h3,14-17,20-21H,1,4-13,18-19H2,2H3. The average molecular weight is 525 g/mol. The minimum Gasteiger partial charge on any atom is -0.463 e. The molecule has 0 aliphatic rings. The minimum absolute atomic E-state index is 0.171. The minimum atomic E-state index is -4.17. The van der Waals surface area contributed by atoms with E-state index in [0.29, 0.717) is 24.8 Å². The Hall–Kier alpha value is -2.87. The summed E-state index contributed by atoms with van der Waals surface area (Å²) in [4.78, 5) is 11.0. The van der Waals surface area contributed by atoms with E-state index in [1.807, 2.05) is 0 Å². The van der Waals surface area contributed by atoms with Gasteiger partial charge in [0.2, 0.25) is 0 Å². The van der Waals surface area contributed by atoms with Gasteiger partial charge in [-0.05, 0) is 73.9 Å². The van der Waals surface area contributed by atoms with Crippen LogP contribution in [-0.4, -0.2) is 26.3 Å². The van der Waals surface area contributed by atoms with Crippen molar-refractivity contribution in [2.24, 2.45) is 0 Å². The maximum atomic E-state index is 14.7. The zero-order valence-corrected chi connectivity index (χ0v) is 21.4. The summed E-state index contributed by atoms with van der Waals surface area (Å²) in [5.74, 6) is -3.35. The first-order valence-corrected chi connectivity index (χ1v) is 12.7. The van der Waals surface area contributed by atoms with E-state index in [0.717, 1.165) is 75.3 Å². The molecule has 0 fully saturated rings. The smallest absolute Gasteiger partial charge is 0.432 e. The number of methoxy groups -OCH3 is 1. The average Bonchev–Trinajstić information content (AvgIpc) is 2.85. The molecule has 0 saturated carbocycles. The molecule has 0 atom stereocenters. The van der Waals surface area contributed by atoms with Crippen molar-refractivity contribution in [2.45, 2.75) is 70.3 Å². The molecular weight excluding hydrogens is 488 g/mol. The Bertz CT molecular complexity index is 953. The van der Waals surface area contributed by atoms with Crippen LogP contribution in [-0.2, 0) is 33.2 Å². The third kappa shape index (κ3) is 11.0. The summed E-state index contributed by atoms with van der Waals surface area (Å²) < 4.78 is 73.1. The molecule has 204 valence electrons. The van der Waals surface area contributed by atoms with Gasteiger partial charge in [-0.2, -0.15) is 8.78 Å². The number of benzene rings is 2. The number of alkyl halides is 2. The highest BCUT2D eigenvalue weighted by Gasteiger charge is 2.41. The van der Waals surface area contributed by atoms with Gasteiger partial charge in [-0.3, -0.25) is 0 Å². The molecule has 0 saturated heterocycles. The number of carbonyl (C=O) groups is 1. The first-order chi connectivity index (χ1) is 17.8. The summed E-state index contributed by atoms with van der Waals surface area (Å²) in [5.41, 5.74) is -0.137. The maximum absolute atomic E-state index is 14.7. The molecule has 0 unspecified atom stereocenters. The highest BCUT2D eigenvalue weighted by Crippen LogP contribution is 2.35. The lowest BCUT2D eigenvalue weighted by atomic mass is 10.0.